The molecule has 19 heavy (non-hydrogen) atoms. The van der Waals surface area contributed by atoms with Gasteiger partial charge in [0.05, 0.1) is 18.1 Å². The van der Waals surface area contributed by atoms with Crippen LogP contribution in [0.3, 0.4) is 0 Å². The molecular weight excluding hydrogens is 258 g/mol. The second kappa shape index (κ2) is 4.38. The molecule has 0 aliphatic heterocycles. The maximum absolute atomic E-state index is 10.7. The average molecular weight is 267 g/mol. The molecule has 0 fully saturated rings. The van der Waals surface area contributed by atoms with Crippen LogP contribution in [-0.2, 0) is 11.2 Å². The maximum atomic E-state index is 10.7. The van der Waals surface area contributed by atoms with Crippen molar-refractivity contribution in [2.45, 2.75) is 6.42 Å². The first-order valence-electron chi connectivity index (χ1n) is 5.74. The summed E-state index contributed by atoms with van der Waals surface area (Å²) in [4.78, 5) is 10.7. The van der Waals surface area contributed by atoms with Gasteiger partial charge in [-0.25, -0.2) is 0 Å². The molecule has 3 rings (SSSR count). The molecule has 1 heterocycles. The van der Waals surface area contributed by atoms with Crippen molar-refractivity contribution in [1.29, 1.82) is 5.26 Å². The van der Waals surface area contributed by atoms with Crippen LogP contribution >= 0.6 is 11.3 Å². The van der Waals surface area contributed by atoms with Crippen molar-refractivity contribution in [3.8, 4) is 6.07 Å². The van der Waals surface area contributed by atoms with Gasteiger partial charge in [0.15, 0.2) is 0 Å². The van der Waals surface area contributed by atoms with Crippen molar-refractivity contribution >= 4 is 37.5 Å². The largest absolute Gasteiger partial charge is 0.481 e. The van der Waals surface area contributed by atoms with Crippen LogP contribution in [0, 0.1) is 11.3 Å². The highest BCUT2D eigenvalue weighted by Crippen LogP contribution is 2.34. The lowest BCUT2D eigenvalue weighted by molar-refractivity contribution is -0.136. The number of thiophene rings is 1. The molecule has 0 bridgehead atoms. The predicted octanol–water partition coefficient (Wildman–Crippen LogP) is 3.55. The SMILES string of the molecule is N#Cc1ccc2sc3cc(CC(=O)O)ccc3c2c1. The van der Waals surface area contributed by atoms with Gasteiger partial charge in [0, 0.05) is 20.2 Å². The number of carboxylic acids is 1. The number of rotatable bonds is 2. The highest BCUT2D eigenvalue weighted by atomic mass is 32.1. The predicted molar refractivity (Wildman–Crippen MR) is 75.4 cm³/mol. The zero-order valence-electron chi connectivity index (χ0n) is 9.88. The molecule has 0 aliphatic rings. The number of carboxylic acid groups (broad SMARTS) is 1. The summed E-state index contributed by atoms with van der Waals surface area (Å²) in [6.45, 7) is 0. The van der Waals surface area contributed by atoms with E-state index < -0.39 is 5.97 Å². The van der Waals surface area contributed by atoms with E-state index in [-0.39, 0.29) is 6.42 Å². The zero-order chi connectivity index (χ0) is 13.4. The van der Waals surface area contributed by atoms with Gasteiger partial charge in [-0.05, 0) is 29.8 Å². The highest BCUT2D eigenvalue weighted by Gasteiger charge is 2.08. The number of nitrogens with zero attached hydrogens (tertiary/aromatic N) is 1. The minimum atomic E-state index is -0.827. The average Bonchev–Trinajstić information content (AvgIpc) is 2.74. The van der Waals surface area contributed by atoms with E-state index in [9.17, 15) is 4.79 Å². The molecule has 4 heteroatoms. The van der Waals surface area contributed by atoms with Gasteiger partial charge in [0.1, 0.15) is 0 Å². The van der Waals surface area contributed by atoms with Crippen molar-refractivity contribution in [2.75, 3.05) is 0 Å². The van der Waals surface area contributed by atoms with Crippen LogP contribution in [0.4, 0.5) is 0 Å². The first-order chi connectivity index (χ1) is 9.17. The van der Waals surface area contributed by atoms with Crippen LogP contribution in [0.15, 0.2) is 36.4 Å². The Balaban J connectivity index is 2.23. The lowest BCUT2D eigenvalue weighted by Gasteiger charge is -1.97. The summed E-state index contributed by atoms with van der Waals surface area (Å²) >= 11 is 1.62. The number of hydrogen-bond acceptors (Lipinski definition) is 3. The zero-order valence-corrected chi connectivity index (χ0v) is 10.7. The van der Waals surface area contributed by atoms with Gasteiger partial charge in [-0.2, -0.15) is 5.26 Å². The van der Waals surface area contributed by atoms with Crippen LogP contribution < -0.4 is 0 Å². The van der Waals surface area contributed by atoms with E-state index in [4.69, 9.17) is 10.4 Å². The molecule has 1 N–H and O–H groups in total. The summed E-state index contributed by atoms with van der Waals surface area (Å²) in [5.41, 5.74) is 1.44. The molecule has 2 aromatic carbocycles. The van der Waals surface area contributed by atoms with Gasteiger partial charge in [0.25, 0.3) is 0 Å². The van der Waals surface area contributed by atoms with Crippen LogP contribution in [-0.4, -0.2) is 11.1 Å². The normalized spacial score (nSPS) is 10.7. The van der Waals surface area contributed by atoms with E-state index in [1.807, 2.05) is 30.3 Å². The fourth-order valence-corrected chi connectivity index (χ4v) is 3.33. The van der Waals surface area contributed by atoms with Gasteiger partial charge in [-0.3, -0.25) is 4.79 Å². The summed E-state index contributed by atoms with van der Waals surface area (Å²) in [7, 11) is 0. The van der Waals surface area contributed by atoms with Gasteiger partial charge >= 0.3 is 5.97 Å². The fourth-order valence-electron chi connectivity index (χ4n) is 2.18. The minimum absolute atomic E-state index is 0.0353. The Hall–Kier alpha value is -2.38. The third-order valence-electron chi connectivity index (χ3n) is 3.02. The molecule has 0 saturated carbocycles. The van der Waals surface area contributed by atoms with Gasteiger partial charge in [0.2, 0.25) is 0 Å². The van der Waals surface area contributed by atoms with E-state index in [1.54, 1.807) is 17.4 Å². The van der Waals surface area contributed by atoms with Crippen molar-refractivity contribution in [1.82, 2.24) is 0 Å². The quantitative estimate of drug-likeness (QED) is 0.772. The van der Waals surface area contributed by atoms with E-state index in [1.165, 1.54) is 0 Å². The monoisotopic (exact) mass is 267 g/mol. The van der Waals surface area contributed by atoms with Gasteiger partial charge in [-0.15, -0.1) is 11.3 Å². The Labute approximate surface area is 113 Å². The summed E-state index contributed by atoms with van der Waals surface area (Å²) in [6.07, 6.45) is 0.0353. The maximum Gasteiger partial charge on any atom is 0.307 e. The Morgan fingerprint density at radius 1 is 1.16 bits per heavy atom. The Morgan fingerprint density at radius 3 is 2.74 bits per heavy atom. The minimum Gasteiger partial charge on any atom is -0.481 e. The smallest absolute Gasteiger partial charge is 0.307 e. The van der Waals surface area contributed by atoms with E-state index >= 15 is 0 Å². The summed E-state index contributed by atoms with van der Waals surface area (Å²) in [5.74, 6) is -0.827. The number of fused-ring (bicyclic) bond motifs is 3. The molecule has 3 nitrogen and oxygen atoms in total. The molecule has 0 spiro atoms. The van der Waals surface area contributed by atoms with Crippen molar-refractivity contribution in [2.24, 2.45) is 0 Å². The first-order valence-corrected chi connectivity index (χ1v) is 6.56. The summed E-state index contributed by atoms with van der Waals surface area (Å²) < 4.78 is 2.17. The van der Waals surface area contributed by atoms with Gasteiger partial charge in [-0.1, -0.05) is 12.1 Å². The number of nitriles is 1. The third kappa shape index (κ3) is 2.05. The highest BCUT2D eigenvalue weighted by molar-refractivity contribution is 7.25. The lowest BCUT2D eigenvalue weighted by Crippen LogP contribution is -1.99. The van der Waals surface area contributed by atoms with Crippen LogP contribution in [0.5, 0.6) is 0 Å². The molecule has 0 atom stereocenters. The molecule has 1 aromatic heterocycles. The molecule has 0 saturated heterocycles. The Kier molecular flexibility index (Phi) is 2.69. The number of hydrogen-bond donors (Lipinski definition) is 1. The van der Waals surface area contributed by atoms with Crippen LogP contribution in [0.25, 0.3) is 20.2 Å². The third-order valence-corrected chi connectivity index (χ3v) is 4.15. The van der Waals surface area contributed by atoms with Crippen molar-refractivity contribution < 1.29 is 9.90 Å². The second-order valence-electron chi connectivity index (χ2n) is 4.33. The van der Waals surface area contributed by atoms with Crippen molar-refractivity contribution in [3.63, 3.8) is 0 Å². The Morgan fingerprint density at radius 2 is 2.00 bits per heavy atom. The second-order valence-corrected chi connectivity index (χ2v) is 5.41. The molecule has 0 radical (unpaired) electrons. The Bertz CT molecular complexity index is 842. The molecule has 92 valence electrons. The van der Waals surface area contributed by atoms with E-state index in [2.05, 4.69) is 6.07 Å². The standard InChI is InChI=1S/C15H9NO2S/c16-8-10-2-4-13-12(5-10)11-3-1-9(7-15(17)18)6-14(11)19-13/h1-6H,7H2,(H,17,18). The van der Waals surface area contributed by atoms with Crippen molar-refractivity contribution in [3.05, 3.63) is 47.5 Å². The number of carbonyl (C=O) groups is 1. The first kappa shape index (κ1) is 11.7. The van der Waals surface area contributed by atoms with Gasteiger partial charge < -0.3 is 5.11 Å². The van der Waals surface area contributed by atoms with Crippen LogP contribution in [0.2, 0.25) is 0 Å². The molecule has 0 amide bonds. The molecule has 0 unspecified atom stereocenters. The fraction of sp³-hybridized carbons (Fsp3) is 0.0667. The van der Waals surface area contributed by atoms with E-state index in [0.717, 1.165) is 25.7 Å². The summed E-state index contributed by atoms with van der Waals surface area (Å²) in [5, 5.41) is 19.9. The topological polar surface area (TPSA) is 61.1 Å². The van der Waals surface area contributed by atoms with Crippen LogP contribution in [0.1, 0.15) is 11.1 Å². The lowest BCUT2D eigenvalue weighted by atomic mass is 10.1. The van der Waals surface area contributed by atoms with E-state index in [0.29, 0.717) is 5.56 Å². The molecule has 0 aliphatic carbocycles. The summed E-state index contributed by atoms with van der Waals surface area (Å²) in [6, 6.07) is 13.4. The number of benzene rings is 2. The molecule has 3 aromatic rings. The number of aliphatic carboxylic acids is 1. The molecular formula is C15H9NO2S.